The molecule has 1 aliphatic heterocycles. The van der Waals surface area contributed by atoms with E-state index >= 15 is 0 Å². The molecule has 2 rings (SSSR count). The summed E-state index contributed by atoms with van der Waals surface area (Å²) in [4.78, 5) is 0. The lowest BCUT2D eigenvalue weighted by atomic mass is 9.93. The van der Waals surface area contributed by atoms with Crippen LogP contribution in [-0.2, 0) is 0 Å². The Kier molecular flexibility index (Phi) is 21.7. The summed E-state index contributed by atoms with van der Waals surface area (Å²) in [6.07, 6.45) is 28.8. The van der Waals surface area contributed by atoms with Crippen molar-refractivity contribution >= 4 is 17.3 Å². The van der Waals surface area contributed by atoms with Crippen molar-refractivity contribution in [2.75, 3.05) is 26.7 Å². The minimum atomic E-state index is 0.502. The Labute approximate surface area is 254 Å². The zero-order chi connectivity index (χ0) is 29.5. The van der Waals surface area contributed by atoms with Gasteiger partial charge in [0, 0.05) is 24.3 Å². The molecule has 0 aromatic carbocycles. The highest BCUT2D eigenvalue weighted by Crippen LogP contribution is 2.34. The molecule has 232 valence electrons. The molecule has 0 saturated heterocycles. The van der Waals surface area contributed by atoms with Crippen LogP contribution < -0.4 is 5.73 Å². The Balaban J connectivity index is 0.00000101. The quantitative estimate of drug-likeness (QED) is 0.110. The number of allylic oxidation sites excluding steroid dienone is 1. The highest BCUT2D eigenvalue weighted by Gasteiger charge is 2.32. The van der Waals surface area contributed by atoms with E-state index in [1.165, 1.54) is 157 Å². The van der Waals surface area contributed by atoms with E-state index in [-0.39, 0.29) is 0 Å². The number of nitrogens with two attached hydrogens (primary N) is 1. The third-order valence-electron chi connectivity index (χ3n) is 8.70. The van der Waals surface area contributed by atoms with Gasteiger partial charge in [0.1, 0.15) is 17.9 Å². The summed E-state index contributed by atoms with van der Waals surface area (Å²) in [5, 5.41) is 0. The second-order valence-corrected chi connectivity index (χ2v) is 13.1. The topological polar surface area (TPSA) is 51.8 Å². The summed E-state index contributed by atoms with van der Waals surface area (Å²) in [5.74, 6) is 0.502. The first-order chi connectivity index (χ1) is 19.4. The maximum absolute atomic E-state index is 5.27. The van der Waals surface area contributed by atoms with E-state index in [1.807, 2.05) is 0 Å². The minimum Gasteiger partial charge on any atom is -0.330 e. The fraction of sp³-hybridized carbons (Fsp3) is 0.829. The van der Waals surface area contributed by atoms with Crippen molar-refractivity contribution in [2.24, 2.45) is 5.73 Å². The molecule has 0 saturated carbocycles. The zero-order valence-corrected chi connectivity index (χ0v) is 28.3. The van der Waals surface area contributed by atoms with Crippen LogP contribution in [0.5, 0.6) is 0 Å². The smallest absolute Gasteiger partial charge is 0.110 e. The third kappa shape index (κ3) is 15.3. The summed E-state index contributed by atoms with van der Waals surface area (Å²) in [7, 11) is 2.39. The van der Waals surface area contributed by atoms with E-state index in [9.17, 15) is 0 Å². The van der Waals surface area contributed by atoms with E-state index < -0.39 is 0 Å². The number of aromatic nitrogens is 2. The van der Waals surface area contributed by atoms with Crippen LogP contribution >= 0.6 is 11.7 Å². The molecule has 0 aliphatic carbocycles. The third-order valence-corrected chi connectivity index (χ3v) is 9.24. The molecular weight excluding hydrogens is 508 g/mol. The molecule has 5 heteroatoms. The number of unbranched alkanes of at least 4 members (excludes halogenated alkanes) is 14. The average molecular weight is 576 g/mol. The molecule has 1 aromatic heterocycles. The van der Waals surface area contributed by atoms with Gasteiger partial charge >= 0.3 is 0 Å². The molecule has 2 atom stereocenters. The van der Waals surface area contributed by atoms with Crippen LogP contribution in [0.1, 0.15) is 173 Å². The summed E-state index contributed by atoms with van der Waals surface area (Å²) >= 11 is 1.40. The number of rotatable bonds is 22. The second-order valence-electron chi connectivity index (χ2n) is 12.5. The van der Waals surface area contributed by atoms with Crippen LogP contribution in [0.25, 0.3) is 5.57 Å². The normalized spacial score (nSPS) is 17.7. The maximum atomic E-state index is 5.27. The lowest BCUT2D eigenvalue weighted by Gasteiger charge is -2.38. The summed E-state index contributed by atoms with van der Waals surface area (Å²) in [5.41, 5.74) is 10.5. The van der Waals surface area contributed by atoms with E-state index in [2.05, 4.69) is 47.4 Å². The second kappa shape index (κ2) is 23.5. The lowest BCUT2D eigenvalue weighted by Crippen LogP contribution is -2.46. The highest BCUT2D eigenvalue weighted by molar-refractivity contribution is 6.99. The Bertz CT molecular complexity index is 782. The predicted octanol–water partition coefficient (Wildman–Crippen LogP) is 10.8. The lowest BCUT2D eigenvalue weighted by molar-refractivity contribution is -0.867. The van der Waals surface area contributed by atoms with E-state index in [4.69, 9.17) is 14.5 Å². The van der Waals surface area contributed by atoms with Crippen molar-refractivity contribution in [2.45, 2.75) is 162 Å². The Morgan fingerprint density at radius 3 is 2.00 bits per heavy atom. The molecular formula is C35H67N4S+. The SMILES string of the molecule is C=C(CCCCCCCCCCC)[N+]1(C)CCC=C(c2nsnc2C(C)CCCCCC)C1.CCCCCCN. The monoisotopic (exact) mass is 576 g/mol. The molecule has 0 spiro atoms. The Hall–Kier alpha value is -1.04. The highest BCUT2D eigenvalue weighted by atomic mass is 32.1. The molecule has 0 amide bonds. The molecule has 2 heterocycles. The van der Waals surface area contributed by atoms with Gasteiger partial charge in [0.2, 0.25) is 0 Å². The maximum Gasteiger partial charge on any atom is 0.110 e. The van der Waals surface area contributed by atoms with Gasteiger partial charge in [-0.15, -0.1) is 0 Å². The number of hydrogen-bond donors (Lipinski definition) is 1. The summed E-state index contributed by atoms with van der Waals surface area (Å²) in [6, 6.07) is 0. The number of quaternary nitrogens is 1. The summed E-state index contributed by atoms with van der Waals surface area (Å²) < 4.78 is 10.5. The largest absolute Gasteiger partial charge is 0.330 e. The van der Waals surface area contributed by atoms with Crippen molar-refractivity contribution in [1.29, 1.82) is 0 Å². The predicted molar refractivity (Wildman–Crippen MR) is 180 cm³/mol. The van der Waals surface area contributed by atoms with Crippen molar-refractivity contribution in [3.05, 3.63) is 29.7 Å². The van der Waals surface area contributed by atoms with Crippen molar-refractivity contribution in [3.63, 3.8) is 0 Å². The minimum absolute atomic E-state index is 0.502. The Morgan fingerprint density at radius 1 is 0.850 bits per heavy atom. The van der Waals surface area contributed by atoms with Crippen LogP contribution in [0.3, 0.4) is 0 Å². The molecule has 2 unspecified atom stereocenters. The number of hydrogen-bond acceptors (Lipinski definition) is 4. The molecule has 40 heavy (non-hydrogen) atoms. The van der Waals surface area contributed by atoms with Crippen molar-refractivity contribution in [1.82, 2.24) is 8.75 Å². The van der Waals surface area contributed by atoms with Gasteiger partial charge in [-0.05, 0) is 32.4 Å². The molecule has 1 aliphatic rings. The number of nitrogens with zero attached hydrogens (tertiary/aromatic N) is 3. The fourth-order valence-electron chi connectivity index (χ4n) is 5.72. The zero-order valence-electron chi connectivity index (χ0n) is 27.5. The van der Waals surface area contributed by atoms with Crippen LogP contribution in [0, 0.1) is 0 Å². The van der Waals surface area contributed by atoms with Crippen LogP contribution in [-0.4, -0.2) is 39.9 Å². The van der Waals surface area contributed by atoms with Gasteiger partial charge in [0.05, 0.1) is 31.0 Å². The van der Waals surface area contributed by atoms with Crippen LogP contribution in [0.15, 0.2) is 18.4 Å². The molecule has 0 radical (unpaired) electrons. The Morgan fingerprint density at radius 2 is 1.40 bits per heavy atom. The van der Waals surface area contributed by atoms with Gasteiger partial charge in [-0.2, -0.15) is 8.75 Å². The van der Waals surface area contributed by atoms with Gasteiger partial charge in [0.15, 0.2) is 0 Å². The van der Waals surface area contributed by atoms with E-state index in [0.717, 1.165) is 30.4 Å². The molecule has 2 N–H and O–H groups in total. The van der Waals surface area contributed by atoms with Crippen molar-refractivity contribution in [3.8, 4) is 0 Å². The first-order valence-electron chi connectivity index (χ1n) is 17.2. The van der Waals surface area contributed by atoms with E-state index in [0.29, 0.717) is 5.92 Å². The molecule has 0 fully saturated rings. The standard InChI is InChI=1S/C29H52N3S.C6H15N/c1-6-8-10-12-13-14-15-16-18-21-26(4)32(5)23-19-22-27(24-32)29-28(30-33-31-29)25(3)20-17-11-9-7-2;1-2-3-4-5-6-7/h22,25H,4,6-21,23-24H2,1-3,5H3;2-7H2,1H3/q+1;. The molecule has 4 nitrogen and oxygen atoms in total. The van der Waals surface area contributed by atoms with E-state index in [1.54, 1.807) is 0 Å². The van der Waals surface area contributed by atoms with Gasteiger partial charge in [0.25, 0.3) is 0 Å². The van der Waals surface area contributed by atoms with Crippen LogP contribution in [0.4, 0.5) is 0 Å². The van der Waals surface area contributed by atoms with Gasteiger partial charge in [-0.25, -0.2) is 0 Å². The van der Waals surface area contributed by atoms with Crippen LogP contribution in [0.2, 0.25) is 0 Å². The number of likely N-dealkylation sites (N-methyl/N-ethyl adjacent to an activating group) is 1. The van der Waals surface area contributed by atoms with Crippen molar-refractivity contribution < 1.29 is 4.48 Å². The summed E-state index contributed by atoms with van der Waals surface area (Å²) in [6.45, 7) is 16.7. The first kappa shape index (κ1) is 37.0. The van der Waals surface area contributed by atoms with Gasteiger partial charge in [-0.1, -0.05) is 130 Å². The van der Waals surface area contributed by atoms with Gasteiger partial charge in [-0.3, -0.25) is 4.48 Å². The molecule has 0 bridgehead atoms. The first-order valence-corrected chi connectivity index (χ1v) is 17.9. The fourth-order valence-corrected chi connectivity index (χ4v) is 6.41. The molecule has 1 aromatic rings. The van der Waals surface area contributed by atoms with Gasteiger partial charge < -0.3 is 5.73 Å². The average Bonchev–Trinajstić information content (AvgIpc) is 3.45.